The third-order valence-electron chi connectivity index (χ3n) is 1.32. The lowest BCUT2D eigenvalue weighted by Crippen LogP contribution is -1.92. The fraction of sp³-hybridized carbons (Fsp3) is 0.333. The monoisotopic (exact) mass is 194 g/mol. The molecule has 0 spiro atoms. The molecule has 0 saturated heterocycles. The lowest BCUT2D eigenvalue weighted by atomic mass is 10.6. The Kier molecular flexibility index (Phi) is 2.96. The van der Waals surface area contributed by atoms with Gasteiger partial charge in [-0.2, -0.15) is 0 Å². The van der Waals surface area contributed by atoms with Gasteiger partial charge in [0.1, 0.15) is 0 Å². The van der Waals surface area contributed by atoms with Gasteiger partial charge in [-0.3, -0.25) is 4.57 Å². The average molecular weight is 194 g/mol. The van der Waals surface area contributed by atoms with Crippen molar-refractivity contribution in [2.24, 2.45) is 0 Å². The minimum atomic E-state index is -3.77. The Balaban J connectivity index is 2.28. The highest BCUT2D eigenvalue weighted by Gasteiger charge is 2.13. The number of allylic oxidation sites excluding steroid dienone is 2. The summed E-state index contributed by atoms with van der Waals surface area (Å²) in [5.41, 5.74) is 0. The topological polar surface area (TPSA) is 57.5 Å². The Bertz CT molecular complexity index is 218. The first-order valence-electron chi connectivity index (χ1n) is 3.23. The molecule has 5 heteroatoms. The second-order valence-electron chi connectivity index (χ2n) is 2.31. The lowest BCUT2D eigenvalue weighted by molar-refractivity contribution is 0.375. The maximum Gasteiger partial charge on any atom is 0.326 e. The zero-order valence-corrected chi connectivity index (χ0v) is 7.71. The van der Waals surface area contributed by atoms with E-state index >= 15 is 0 Å². The van der Waals surface area contributed by atoms with Crippen LogP contribution in [0, 0.1) is 0 Å². The molecule has 0 saturated carbocycles. The molecule has 3 nitrogen and oxygen atoms in total. The van der Waals surface area contributed by atoms with Crippen LogP contribution in [0.2, 0.25) is 0 Å². The number of rotatable bonds is 3. The van der Waals surface area contributed by atoms with Crippen molar-refractivity contribution >= 4 is 18.5 Å². The molecule has 0 atom stereocenters. The SMILES string of the molecule is O=P(O)(O)CC[SH]1C=CC=C1. The third kappa shape index (κ3) is 3.77. The summed E-state index contributed by atoms with van der Waals surface area (Å²) in [4.78, 5) is 17.1. The van der Waals surface area contributed by atoms with Crippen LogP contribution in [0.5, 0.6) is 0 Å². The van der Waals surface area contributed by atoms with Crippen molar-refractivity contribution in [3.8, 4) is 0 Å². The number of hydrogen-bond donors (Lipinski definition) is 3. The lowest BCUT2D eigenvalue weighted by Gasteiger charge is -2.09. The van der Waals surface area contributed by atoms with Crippen molar-refractivity contribution in [2.75, 3.05) is 11.9 Å². The minimum Gasteiger partial charge on any atom is -0.324 e. The molecule has 2 N–H and O–H groups in total. The summed E-state index contributed by atoms with van der Waals surface area (Å²) in [6.45, 7) is 0. The van der Waals surface area contributed by atoms with Crippen LogP contribution in [0.1, 0.15) is 0 Å². The van der Waals surface area contributed by atoms with Crippen LogP contribution in [0.25, 0.3) is 0 Å². The predicted octanol–water partition coefficient (Wildman–Crippen LogP) is 1.21. The third-order valence-corrected chi connectivity index (χ3v) is 4.32. The van der Waals surface area contributed by atoms with Crippen LogP contribution in [0.3, 0.4) is 0 Å². The van der Waals surface area contributed by atoms with E-state index in [1.807, 2.05) is 23.0 Å². The normalized spacial score (nSPS) is 19.6. The van der Waals surface area contributed by atoms with E-state index in [2.05, 4.69) is 0 Å². The molecule has 0 radical (unpaired) electrons. The Morgan fingerprint density at radius 3 is 2.27 bits per heavy atom. The zero-order chi connectivity index (χ0) is 8.32. The van der Waals surface area contributed by atoms with Gasteiger partial charge < -0.3 is 9.79 Å². The molecule has 0 aliphatic carbocycles. The molecule has 0 fully saturated rings. The summed E-state index contributed by atoms with van der Waals surface area (Å²) < 4.78 is 10.4. The molecule has 11 heavy (non-hydrogen) atoms. The van der Waals surface area contributed by atoms with Crippen LogP contribution >= 0.6 is 18.5 Å². The van der Waals surface area contributed by atoms with Crippen molar-refractivity contribution in [3.63, 3.8) is 0 Å². The zero-order valence-electron chi connectivity index (χ0n) is 5.92. The fourth-order valence-electron chi connectivity index (χ4n) is 0.765. The average Bonchev–Trinajstić information content (AvgIpc) is 2.32. The summed E-state index contributed by atoms with van der Waals surface area (Å²) >= 11 is 0. The molecule has 0 aromatic rings. The van der Waals surface area contributed by atoms with E-state index in [1.54, 1.807) is 0 Å². The van der Waals surface area contributed by atoms with Gasteiger partial charge in [-0.1, -0.05) is 12.2 Å². The highest BCUT2D eigenvalue weighted by atomic mass is 32.2. The van der Waals surface area contributed by atoms with Gasteiger partial charge in [-0.25, -0.2) is 10.9 Å². The maximum atomic E-state index is 10.4. The van der Waals surface area contributed by atoms with Gasteiger partial charge in [0.2, 0.25) is 0 Å². The van der Waals surface area contributed by atoms with E-state index in [-0.39, 0.29) is 17.1 Å². The van der Waals surface area contributed by atoms with E-state index < -0.39 is 7.60 Å². The van der Waals surface area contributed by atoms with Crippen molar-refractivity contribution in [1.82, 2.24) is 0 Å². The predicted molar refractivity (Wildman–Crippen MR) is 49.0 cm³/mol. The minimum absolute atomic E-state index is 0.00733. The van der Waals surface area contributed by atoms with E-state index in [0.717, 1.165) is 0 Å². The first-order valence-corrected chi connectivity index (χ1v) is 6.69. The molecular formula is C6H11O3PS. The molecule has 0 bridgehead atoms. The summed E-state index contributed by atoms with van der Waals surface area (Å²) in [6, 6.07) is 0. The van der Waals surface area contributed by atoms with Crippen molar-refractivity contribution in [1.29, 1.82) is 0 Å². The van der Waals surface area contributed by atoms with Crippen LogP contribution in [-0.4, -0.2) is 21.7 Å². The second-order valence-corrected chi connectivity index (χ2v) is 6.16. The standard InChI is InChI=1S/C6H11O3PS/c7-10(8,9)3-6-11-4-1-2-5-11/h1-2,4-5,11H,3,6H2,(H2,7,8,9). The molecule has 0 amide bonds. The Labute approximate surface area is 68.3 Å². The van der Waals surface area contributed by atoms with Gasteiger partial charge in [0.15, 0.2) is 0 Å². The van der Waals surface area contributed by atoms with Gasteiger partial charge >= 0.3 is 7.60 Å². The first kappa shape index (κ1) is 9.07. The molecule has 1 rings (SSSR count). The Morgan fingerprint density at radius 1 is 1.27 bits per heavy atom. The molecule has 0 unspecified atom stereocenters. The van der Waals surface area contributed by atoms with Crippen LogP contribution in [-0.2, 0) is 4.57 Å². The molecule has 1 aliphatic heterocycles. The largest absolute Gasteiger partial charge is 0.326 e. The van der Waals surface area contributed by atoms with E-state index in [1.165, 1.54) is 0 Å². The van der Waals surface area contributed by atoms with Gasteiger partial charge in [-0.15, -0.1) is 0 Å². The highest BCUT2D eigenvalue weighted by molar-refractivity contribution is 8.22. The van der Waals surface area contributed by atoms with Gasteiger partial charge in [0.25, 0.3) is 0 Å². The second kappa shape index (κ2) is 3.59. The number of hydrogen-bond acceptors (Lipinski definition) is 1. The first-order chi connectivity index (χ1) is 5.08. The summed E-state index contributed by atoms with van der Waals surface area (Å²) in [5, 5.41) is 4.01. The van der Waals surface area contributed by atoms with Crippen LogP contribution in [0.15, 0.2) is 23.0 Å². The smallest absolute Gasteiger partial charge is 0.324 e. The van der Waals surface area contributed by atoms with Crippen LogP contribution in [0.4, 0.5) is 0 Å². The Morgan fingerprint density at radius 2 is 1.82 bits per heavy atom. The van der Waals surface area contributed by atoms with Crippen molar-refractivity contribution < 1.29 is 14.4 Å². The summed E-state index contributed by atoms with van der Waals surface area (Å²) in [7, 11) is -4.13. The molecule has 0 aromatic carbocycles. The Hall–Kier alpha value is -0.0200. The van der Waals surface area contributed by atoms with Gasteiger partial charge in [0, 0.05) is 0 Å². The van der Waals surface area contributed by atoms with Crippen LogP contribution < -0.4 is 0 Å². The molecular weight excluding hydrogens is 183 g/mol. The summed E-state index contributed by atoms with van der Waals surface area (Å²) in [6.07, 6.45) is 3.85. The molecule has 1 aliphatic rings. The fourth-order valence-corrected chi connectivity index (χ4v) is 3.77. The van der Waals surface area contributed by atoms with E-state index in [4.69, 9.17) is 9.79 Å². The maximum absolute atomic E-state index is 10.4. The molecule has 64 valence electrons. The van der Waals surface area contributed by atoms with Gasteiger partial charge in [0.05, 0.1) is 6.16 Å². The van der Waals surface area contributed by atoms with Gasteiger partial charge in [-0.05, 0) is 16.6 Å². The molecule has 1 heterocycles. The molecule has 0 aromatic heterocycles. The van der Waals surface area contributed by atoms with E-state index in [0.29, 0.717) is 5.75 Å². The van der Waals surface area contributed by atoms with Crippen molar-refractivity contribution in [2.45, 2.75) is 0 Å². The van der Waals surface area contributed by atoms with Crippen molar-refractivity contribution in [3.05, 3.63) is 23.0 Å². The number of thiol groups is 1. The van der Waals surface area contributed by atoms with E-state index in [9.17, 15) is 4.57 Å². The summed E-state index contributed by atoms with van der Waals surface area (Å²) in [5.74, 6) is 0.604. The quantitative estimate of drug-likeness (QED) is 0.467. The highest BCUT2D eigenvalue weighted by Crippen LogP contribution is 2.40.